The van der Waals surface area contributed by atoms with E-state index >= 15 is 0 Å². The van der Waals surface area contributed by atoms with E-state index in [0.717, 1.165) is 12.8 Å². The number of nitro groups is 1. The Morgan fingerprint density at radius 2 is 2.25 bits per heavy atom. The summed E-state index contributed by atoms with van der Waals surface area (Å²) in [7, 11) is 0. The fourth-order valence-corrected chi connectivity index (χ4v) is 2.45. The molecule has 0 aromatic heterocycles. The first kappa shape index (κ1) is 14.7. The Morgan fingerprint density at radius 3 is 2.85 bits per heavy atom. The summed E-state index contributed by atoms with van der Waals surface area (Å²) in [6.45, 7) is 2.56. The molecule has 0 atom stereocenters. The van der Waals surface area contributed by atoms with E-state index in [1.54, 1.807) is 0 Å². The van der Waals surface area contributed by atoms with Crippen LogP contribution in [0.2, 0.25) is 5.02 Å². The minimum absolute atomic E-state index is 0.00219. The predicted molar refractivity (Wildman–Crippen MR) is 74.0 cm³/mol. The van der Waals surface area contributed by atoms with E-state index in [2.05, 4.69) is 5.32 Å². The molecule has 1 saturated carbocycles. The van der Waals surface area contributed by atoms with Gasteiger partial charge in [0.15, 0.2) is 0 Å². The largest absolute Gasteiger partial charge is 0.378 e. The van der Waals surface area contributed by atoms with Crippen LogP contribution < -0.4 is 5.32 Å². The number of amides is 1. The van der Waals surface area contributed by atoms with Crippen molar-refractivity contribution < 1.29 is 14.5 Å². The van der Waals surface area contributed by atoms with Gasteiger partial charge in [0.25, 0.3) is 5.91 Å². The molecule has 1 fully saturated rings. The van der Waals surface area contributed by atoms with E-state index < -0.39 is 10.8 Å². The SMILES string of the molecule is CCOC1CC(NC(=O)c2cccc(Cl)c2[N+](=O)[O-])C1. The summed E-state index contributed by atoms with van der Waals surface area (Å²) in [6, 6.07) is 4.31. The zero-order chi connectivity index (χ0) is 14.7. The number of hydrogen-bond acceptors (Lipinski definition) is 4. The molecule has 1 aromatic rings. The van der Waals surface area contributed by atoms with E-state index in [0.29, 0.717) is 6.61 Å². The maximum absolute atomic E-state index is 12.1. The number of hydrogen-bond donors (Lipinski definition) is 1. The lowest BCUT2D eigenvalue weighted by molar-refractivity contribution is -0.385. The lowest BCUT2D eigenvalue weighted by Gasteiger charge is -2.35. The van der Waals surface area contributed by atoms with Crippen molar-refractivity contribution in [3.8, 4) is 0 Å². The van der Waals surface area contributed by atoms with Crippen LogP contribution in [0.4, 0.5) is 5.69 Å². The number of nitrogens with zero attached hydrogens (tertiary/aromatic N) is 1. The highest BCUT2D eigenvalue weighted by atomic mass is 35.5. The fraction of sp³-hybridized carbons (Fsp3) is 0.462. The standard InChI is InChI=1S/C13H15ClN2O4/c1-2-20-9-6-8(7-9)15-13(17)10-4-3-5-11(14)12(10)16(18)19/h3-5,8-9H,2,6-7H2,1H3,(H,15,17). The highest BCUT2D eigenvalue weighted by molar-refractivity contribution is 6.33. The number of benzene rings is 1. The van der Waals surface area contributed by atoms with E-state index in [4.69, 9.17) is 16.3 Å². The second-order valence-electron chi connectivity index (χ2n) is 4.61. The molecule has 0 heterocycles. The van der Waals surface area contributed by atoms with Crippen molar-refractivity contribution >= 4 is 23.2 Å². The van der Waals surface area contributed by atoms with Gasteiger partial charge in [-0.2, -0.15) is 0 Å². The molecule has 7 heteroatoms. The zero-order valence-electron chi connectivity index (χ0n) is 11.0. The second kappa shape index (κ2) is 6.19. The average molecular weight is 299 g/mol. The summed E-state index contributed by atoms with van der Waals surface area (Å²) >= 11 is 5.78. The van der Waals surface area contributed by atoms with Gasteiger partial charge in [0.2, 0.25) is 0 Å². The molecule has 1 aliphatic rings. The van der Waals surface area contributed by atoms with E-state index in [1.165, 1.54) is 18.2 Å². The molecule has 20 heavy (non-hydrogen) atoms. The third-order valence-corrected chi connectivity index (χ3v) is 3.55. The normalized spacial score (nSPS) is 21.1. The number of carbonyl (C=O) groups is 1. The molecule has 0 saturated heterocycles. The van der Waals surface area contributed by atoms with Gasteiger partial charge < -0.3 is 10.1 Å². The highest BCUT2D eigenvalue weighted by Gasteiger charge is 2.32. The van der Waals surface area contributed by atoms with Gasteiger partial charge in [0.05, 0.1) is 11.0 Å². The fourth-order valence-electron chi connectivity index (χ4n) is 2.20. The molecular weight excluding hydrogens is 284 g/mol. The molecule has 1 aromatic carbocycles. The molecule has 6 nitrogen and oxygen atoms in total. The first-order chi connectivity index (χ1) is 9.52. The van der Waals surface area contributed by atoms with Crippen LogP contribution in [0.25, 0.3) is 0 Å². The van der Waals surface area contributed by atoms with Gasteiger partial charge in [-0.05, 0) is 31.9 Å². The van der Waals surface area contributed by atoms with E-state index in [9.17, 15) is 14.9 Å². The second-order valence-corrected chi connectivity index (χ2v) is 5.02. The quantitative estimate of drug-likeness (QED) is 0.669. The molecule has 1 amide bonds. The van der Waals surface area contributed by atoms with Gasteiger partial charge in [-0.1, -0.05) is 17.7 Å². The molecule has 0 spiro atoms. The van der Waals surface area contributed by atoms with Gasteiger partial charge in [-0.15, -0.1) is 0 Å². The lowest BCUT2D eigenvalue weighted by atomic mass is 9.89. The molecule has 108 valence electrons. The van der Waals surface area contributed by atoms with Gasteiger partial charge in [0.1, 0.15) is 10.6 Å². The van der Waals surface area contributed by atoms with Gasteiger partial charge in [-0.3, -0.25) is 14.9 Å². The third kappa shape index (κ3) is 3.08. The Labute approximate surface area is 121 Å². The minimum atomic E-state index is -0.638. The molecule has 0 radical (unpaired) electrons. The predicted octanol–water partition coefficient (Wildman–Crippen LogP) is 2.55. The molecule has 0 bridgehead atoms. The average Bonchev–Trinajstić information content (AvgIpc) is 2.35. The maximum atomic E-state index is 12.1. The van der Waals surface area contributed by atoms with Crippen molar-refractivity contribution in [1.82, 2.24) is 5.32 Å². The molecule has 0 aliphatic heterocycles. The van der Waals surface area contributed by atoms with Crippen molar-refractivity contribution in [2.75, 3.05) is 6.61 Å². The molecule has 0 unspecified atom stereocenters. The summed E-state index contributed by atoms with van der Waals surface area (Å²) in [5.41, 5.74) is -0.366. The van der Waals surface area contributed by atoms with Crippen molar-refractivity contribution in [3.05, 3.63) is 38.9 Å². The first-order valence-electron chi connectivity index (χ1n) is 6.38. The number of para-hydroxylation sites is 1. The molecule has 1 N–H and O–H groups in total. The smallest absolute Gasteiger partial charge is 0.300 e. The molecular formula is C13H15ClN2O4. The van der Waals surface area contributed by atoms with Crippen molar-refractivity contribution in [1.29, 1.82) is 0 Å². The van der Waals surface area contributed by atoms with Crippen LogP contribution in [0.5, 0.6) is 0 Å². The van der Waals surface area contributed by atoms with Crippen LogP contribution in [-0.2, 0) is 4.74 Å². The number of carbonyl (C=O) groups excluding carboxylic acids is 1. The number of rotatable bonds is 5. The Balaban J connectivity index is 2.04. The summed E-state index contributed by atoms with van der Waals surface area (Å²) in [6.07, 6.45) is 1.63. The minimum Gasteiger partial charge on any atom is -0.378 e. The van der Waals surface area contributed by atoms with Crippen LogP contribution in [0.3, 0.4) is 0 Å². The molecule has 1 aliphatic carbocycles. The Kier molecular flexibility index (Phi) is 4.57. The first-order valence-corrected chi connectivity index (χ1v) is 6.76. The van der Waals surface area contributed by atoms with Crippen molar-refractivity contribution in [3.63, 3.8) is 0 Å². The van der Waals surface area contributed by atoms with Gasteiger partial charge >= 0.3 is 5.69 Å². The lowest BCUT2D eigenvalue weighted by Crippen LogP contribution is -2.47. The van der Waals surface area contributed by atoms with Crippen LogP contribution in [0.15, 0.2) is 18.2 Å². The molecule has 2 rings (SSSR count). The Bertz CT molecular complexity index is 529. The topological polar surface area (TPSA) is 81.5 Å². The van der Waals surface area contributed by atoms with Crippen LogP contribution >= 0.6 is 11.6 Å². The Morgan fingerprint density at radius 1 is 1.55 bits per heavy atom. The van der Waals surface area contributed by atoms with Crippen molar-refractivity contribution in [2.24, 2.45) is 0 Å². The summed E-state index contributed by atoms with van der Waals surface area (Å²) in [4.78, 5) is 22.4. The van der Waals surface area contributed by atoms with E-state index in [-0.39, 0.29) is 28.4 Å². The number of nitrogens with one attached hydrogen (secondary N) is 1. The summed E-state index contributed by atoms with van der Waals surface area (Å²) < 4.78 is 5.40. The Hall–Kier alpha value is -1.66. The van der Waals surface area contributed by atoms with Crippen LogP contribution in [-0.4, -0.2) is 29.6 Å². The zero-order valence-corrected chi connectivity index (χ0v) is 11.7. The van der Waals surface area contributed by atoms with E-state index in [1.807, 2.05) is 6.92 Å². The van der Waals surface area contributed by atoms with Gasteiger partial charge in [-0.25, -0.2) is 0 Å². The monoisotopic (exact) mass is 298 g/mol. The summed E-state index contributed by atoms with van der Waals surface area (Å²) in [5.74, 6) is -0.473. The number of ether oxygens (including phenoxy) is 1. The van der Waals surface area contributed by atoms with Crippen molar-refractivity contribution in [2.45, 2.75) is 31.9 Å². The van der Waals surface area contributed by atoms with Gasteiger partial charge in [0, 0.05) is 12.6 Å². The third-order valence-electron chi connectivity index (χ3n) is 3.25. The maximum Gasteiger partial charge on any atom is 0.300 e. The summed E-state index contributed by atoms with van der Waals surface area (Å²) in [5, 5.41) is 13.7. The number of halogens is 1. The van der Waals surface area contributed by atoms with Crippen LogP contribution in [0, 0.1) is 10.1 Å². The van der Waals surface area contributed by atoms with Crippen LogP contribution in [0.1, 0.15) is 30.1 Å². The number of nitro benzene ring substituents is 1. The highest BCUT2D eigenvalue weighted by Crippen LogP contribution is 2.29.